The molecule has 0 unspecified atom stereocenters. The number of carboxylic acid groups (broad SMARTS) is 1. The fourth-order valence-corrected chi connectivity index (χ4v) is 2.15. The van der Waals surface area contributed by atoms with Crippen molar-refractivity contribution >= 4 is 11.9 Å². The van der Waals surface area contributed by atoms with Crippen LogP contribution in [0, 0.1) is 0 Å². The van der Waals surface area contributed by atoms with Gasteiger partial charge in [-0.05, 0) is 6.42 Å². The van der Waals surface area contributed by atoms with Crippen molar-refractivity contribution < 1.29 is 23.8 Å². The van der Waals surface area contributed by atoms with E-state index in [4.69, 9.17) is 14.3 Å². The number of methoxy groups -OCH3 is 1. The number of ether oxygens (including phenoxy) is 1. The quantitative estimate of drug-likeness (QED) is 0.831. The van der Waals surface area contributed by atoms with E-state index >= 15 is 0 Å². The lowest BCUT2D eigenvalue weighted by molar-refractivity contribution is 0.0696. The molecule has 0 aliphatic rings. The number of hydrogen-bond donors (Lipinski definition) is 2. The van der Waals surface area contributed by atoms with Crippen LogP contribution >= 0.6 is 0 Å². The average Bonchev–Trinajstić information content (AvgIpc) is 3.09. The molecule has 0 aliphatic carbocycles. The molecule has 0 aliphatic heterocycles. The molecule has 0 aromatic carbocycles. The number of aromatic nitrogens is 2. The van der Waals surface area contributed by atoms with Crippen LogP contribution in [0.2, 0.25) is 0 Å². The monoisotopic (exact) mass is 307 g/mol. The Kier molecular flexibility index (Phi) is 4.50. The normalized spacial score (nSPS) is 10.5. The topological polar surface area (TPSA) is 107 Å². The Balaban J connectivity index is 2.12. The minimum Gasteiger partial charge on any atom is -0.481 e. The molecule has 8 nitrogen and oxygen atoms in total. The Morgan fingerprint density at radius 3 is 2.77 bits per heavy atom. The average molecular weight is 307 g/mol. The third-order valence-electron chi connectivity index (χ3n) is 3.20. The molecule has 0 fully saturated rings. The summed E-state index contributed by atoms with van der Waals surface area (Å²) < 4.78 is 11.8. The molecule has 0 saturated heterocycles. The summed E-state index contributed by atoms with van der Waals surface area (Å²) in [5.74, 6) is -1.13. The van der Waals surface area contributed by atoms with Crippen molar-refractivity contribution in [1.82, 2.24) is 15.1 Å². The standard InChI is InChI=1S/C14H17N3O5/c1-4-10-9(13(21-3)17(2)16-10)6-15-12(18)11-5-8(7-22-11)14(19)20/h5,7H,4,6H2,1-3H3,(H,15,18)(H,19,20). The lowest BCUT2D eigenvalue weighted by Gasteiger charge is -2.06. The Bertz CT molecular complexity index is 701. The number of rotatable bonds is 6. The summed E-state index contributed by atoms with van der Waals surface area (Å²) in [6.45, 7) is 2.17. The van der Waals surface area contributed by atoms with Crippen LogP contribution in [0.25, 0.3) is 0 Å². The molecule has 118 valence electrons. The predicted molar refractivity (Wildman–Crippen MR) is 76.0 cm³/mol. The molecular formula is C14H17N3O5. The molecule has 2 rings (SSSR count). The van der Waals surface area contributed by atoms with E-state index < -0.39 is 11.9 Å². The second-order valence-electron chi connectivity index (χ2n) is 4.60. The molecular weight excluding hydrogens is 290 g/mol. The van der Waals surface area contributed by atoms with Crippen molar-refractivity contribution in [3.63, 3.8) is 0 Å². The van der Waals surface area contributed by atoms with Crippen LogP contribution in [0.1, 0.15) is 39.1 Å². The highest BCUT2D eigenvalue weighted by atomic mass is 16.5. The number of amides is 1. The minimum atomic E-state index is -1.15. The molecule has 0 spiro atoms. The number of carbonyl (C=O) groups excluding carboxylic acids is 1. The summed E-state index contributed by atoms with van der Waals surface area (Å²) in [6, 6.07) is 1.18. The van der Waals surface area contributed by atoms with Gasteiger partial charge in [0.15, 0.2) is 5.76 Å². The minimum absolute atomic E-state index is 0.0571. The SMILES string of the molecule is CCc1nn(C)c(OC)c1CNC(=O)c1cc(C(=O)O)co1. The molecule has 2 aromatic heterocycles. The van der Waals surface area contributed by atoms with E-state index in [-0.39, 0.29) is 17.9 Å². The van der Waals surface area contributed by atoms with E-state index in [1.165, 1.54) is 13.2 Å². The largest absolute Gasteiger partial charge is 0.481 e. The smallest absolute Gasteiger partial charge is 0.338 e. The molecule has 0 bridgehead atoms. The lowest BCUT2D eigenvalue weighted by Crippen LogP contribution is -2.23. The van der Waals surface area contributed by atoms with Gasteiger partial charge in [0, 0.05) is 13.1 Å². The van der Waals surface area contributed by atoms with Gasteiger partial charge in [-0.25, -0.2) is 9.48 Å². The number of nitrogens with one attached hydrogen (secondary N) is 1. The van der Waals surface area contributed by atoms with Crippen LogP contribution < -0.4 is 10.1 Å². The number of carbonyl (C=O) groups is 2. The Hall–Kier alpha value is -2.77. The summed E-state index contributed by atoms with van der Waals surface area (Å²) >= 11 is 0. The highest BCUT2D eigenvalue weighted by Gasteiger charge is 2.19. The van der Waals surface area contributed by atoms with Crippen LogP contribution in [-0.4, -0.2) is 33.9 Å². The molecule has 0 radical (unpaired) electrons. The molecule has 1 amide bonds. The van der Waals surface area contributed by atoms with Crippen molar-refractivity contribution in [2.75, 3.05) is 7.11 Å². The second-order valence-corrected chi connectivity index (χ2v) is 4.60. The number of aryl methyl sites for hydroxylation is 2. The fraction of sp³-hybridized carbons (Fsp3) is 0.357. The maximum absolute atomic E-state index is 12.0. The highest BCUT2D eigenvalue weighted by molar-refractivity contribution is 5.95. The van der Waals surface area contributed by atoms with Gasteiger partial charge in [0.25, 0.3) is 5.91 Å². The van der Waals surface area contributed by atoms with Crippen LogP contribution in [0.5, 0.6) is 5.88 Å². The third-order valence-corrected chi connectivity index (χ3v) is 3.20. The van der Waals surface area contributed by atoms with Gasteiger partial charge in [0.05, 0.1) is 30.5 Å². The van der Waals surface area contributed by atoms with Crippen LogP contribution in [0.3, 0.4) is 0 Å². The molecule has 2 aromatic rings. The van der Waals surface area contributed by atoms with Crippen molar-refractivity contribution in [3.8, 4) is 5.88 Å². The van der Waals surface area contributed by atoms with Gasteiger partial charge in [0.2, 0.25) is 5.88 Å². The molecule has 22 heavy (non-hydrogen) atoms. The number of nitrogens with zero attached hydrogens (tertiary/aromatic N) is 2. The molecule has 2 heterocycles. The van der Waals surface area contributed by atoms with E-state index in [9.17, 15) is 9.59 Å². The van der Waals surface area contributed by atoms with E-state index in [0.717, 1.165) is 17.5 Å². The van der Waals surface area contributed by atoms with E-state index in [0.29, 0.717) is 12.3 Å². The predicted octanol–water partition coefficient (Wildman–Crippen LogP) is 1.21. The lowest BCUT2D eigenvalue weighted by atomic mass is 10.2. The summed E-state index contributed by atoms with van der Waals surface area (Å²) in [6.07, 6.45) is 1.73. The van der Waals surface area contributed by atoms with Gasteiger partial charge in [-0.1, -0.05) is 6.92 Å². The number of hydrogen-bond acceptors (Lipinski definition) is 5. The summed E-state index contributed by atoms with van der Waals surface area (Å²) in [4.78, 5) is 22.8. The van der Waals surface area contributed by atoms with E-state index in [1.54, 1.807) is 11.7 Å². The summed E-state index contributed by atoms with van der Waals surface area (Å²) in [5.41, 5.74) is 1.54. The first kappa shape index (κ1) is 15.6. The van der Waals surface area contributed by atoms with Gasteiger partial charge in [-0.2, -0.15) is 5.10 Å². The Morgan fingerprint density at radius 1 is 1.50 bits per heavy atom. The van der Waals surface area contributed by atoms with Crippen molar-refractivity contribution in [1.29, 1.82) is 0 Å². The maximum Gasteiger partial charge on any atom is 0.338 e. The van der Waals surface area contributed by atoms with Crippen LogP contribution in [-0.2, 0) is 20.0 Å². The first-order chi connectivity index (χ1) is 10.5. The van der Waals surface area contributed by atoms with E-state index in [2.05, 4.69) is 10.4 Å². The Labute approximate surface area is 126 Å². The van der Waals surface area contributed by atoms with E-state index in [1.807, 2.05) is 6.92 Å². The molecule has 0 atom stereocenters. The van der Waals surface area contributed by atoms with Gasteiger partial charge < -0.3 is 19.6 Å². The molecule has 8 heteroatoms. The first-order valence-corrected chi connectivity index (χ1v) is 6.66. The second kappa shape index (κ2) is 6.33. The van der Waals surface area contributed by atoms with Crippen LogP contribution in [0.4, 0.5) is 0 Å². The van der Waals surface area contributed by atoms with Crippen LogP contribution in [0.15, 0.2) is 16.7 Å². The van der Waals surface area contributed by atoms with Gasteiger partial charge in [0.1, 0.15) is 6.26 Å². The zero-order valence-electron chi connectivity index (χ0n) is 12.5. The van der Waals surface area contributed by atoms with Gasteiger partial charge in [-0.15, -0.1) is 0 Å². The van der Waals surface area contributed by atoms with Crippen molar-refractivity contribution in [2.24, 2.45) is 7.05 Å². The van der Waals surface area contributed by atoms with Crippen molar-refractivity contribution in [2.45, 2.75) is 19.9 Å². The van der Waals surface area contributed by atoms with Gasteiger partial charge >= 0.3 is 5.97 Å². The van der Waals surface area contributed by atoms with Crippen molar-refractivity contribution in [3.05, 3.63) is 34.9 Å². The fourth-order valence-electron chi connectivity index (χ4n) is 2.15. The zero-order valence-corrected chi connectivity index (χ0v) is 12.5. The maximum atomic E-state index is 12.0. The summed E-state index contributed by atoms with van der Waals surface area (Å²) in [7, 11) is 3.29. The zero-order chi connectivity index (χ0) is 16.3. The highest BCUT2D eigenvalue weighted by Crippen LogP contribution is 2.22. The summed E-state index contributed by atoms with van der Waals surface area (Å²) in [5, 5.41) is 15.8. The molecule has 2 N–H and O–H groups in total. The Morgan fingerprint density at radius 2 is 2.23 bits per heavy atom. The van der Waals surface area contributed by atoms with Gasteiger partial charge in [-0.3, -0.25) is 4.79 Å². The number of furan rings is 1. The number of carboxylic acids is 1. The first-order valence-electron chi connectivity index (χ1n) is 6.66. The molecule has 0 saturated carbocycles. The third kappa shape index (κ3) is 2.95. The number of aromatic carboxylic acids is 1.